The zero-order valence-electron chi connectivity index (χ0n) is 13.2. The average Bonchev–Trinajstić information content (AvgIpc) is 2.64. The minimum Gasteiger partial charge on any atom is -0.486 e. The lowest BCUT2D eigenvalue weighted by atomic mass is 10.3. The minimum absolute atomic E-state index is 0.0182. The Morgan fingerprint density at radius 1 is 1.08 bits per heavy atom. The predicted molar refractivity (Wildman–Crippen MR) is 93.1 cm³/mol. The van der Waals surface area contributed by atoms with Crippen LogP contribution in [0.3, 0.4) is 0 Å². The fourth-order valence-electron chi connectivity index (χ4n) is 2.19. The van der Waals surface area contributed by atoms with Crippen molar-refractivity contribution in [3.63, 3.8) is 0 Å². The Balaban J connectivity index is 1.36. The number of hydrogen-bond acceptors (Lipinski definition) is 5. The zero-order valence-corrected chi connectivity index (χ0v) is 14.0. The smallest absolute Gasteiger partial charge is 0.257 e. The van der Waals surface area contributed by atoms with Crippen LogP contribution in [-0.2, 0) is 4.79 Å². The normalized spacial score (nSPS) is 12.5. The van der Waals surface area contributed by atoms with Gasteiger partial charge in [-0.3, -0.25) is 4.79 Å². The van der Waals surface area contributed by atoms with Crippen molar-refractivity contribution in [1.29, 1.82) is 0 Å². The molecule has 1 aliphatic rings. The van der Waals surface area contributed by atoms with Crippen LogP contribution >= 0.6 is 11.8 Å². The molecule has 3 rings (SSSR count). The highest BCUT2D eigenvalue weighted by Crippen LogP contribution is 2.33. The highest BCUT2D eigenvalue weighted by atomic mass is 32.2. The van der Waals surface area contributed by atoms with E-state index in [0.29, 0.717) is 37.0 Å². The summed E-state index contributed by atoms with van der Waals surface area (Å²) >= 11 is 1.71. The lowest BCUT2D eigenvalue weighted by Crippen LogP contribution is -2.30. The van der Waals surface area contributed by atoms with E-state index in [2.05, 4.69) is 17.4 Å². The van der Waals surface area contributed by atoms with Gasteiger partial charge >= 0.3 is 0 Å². The van der Waals surface area contributed by atoms with Gasteiger partial charge in [-0.25, -0.2) is 0 Å². The summed E-state index contributed by atoms with van der Waals surface area (Å²) in [5.41, 5.74) is 0. The summed E-state index contributed by atoms with van der Waals surface area (Å²) in [7, 11) is 0. The number of hydrogen-bond donors (Lipinski definition) is 1. The fourth-order valence-corrected chi connectivity index (χ4v) is 2.98. The number of ether oxygens (including phenoxy) is 3. The molecule has 0 spiro atoms. The van der Waals surface area contributed by atoms with E-state index in [1.807, 2.05) is 18.2 Å². The first-order valence-corrected chi connectivity index (χ1v) is 8.77. The largest absolute Gasteiger partial charge is 0.486 e. The topological polar surface area (TPSA) is 56.8 Å². The maximum Gasteiger partial charge on any atom is 0.257 e. The van der Waals surface area contributed by atoms with Crippen LogP contribution in [0, 0.1) is 0 Å². The van der Waals surface area contributed by atoms with Crippen LogP contribution in [0.2, 0.25) is 0 Å². The Bertz CT molecular complexity index is 678. The van der Waals surface area contributed by atoms with Crippen molar-refractivity contribution in [2.75, 3.05) is 32.1 Å². The van der Waals surface area contributed by atoms with E-state index in [1.165, 1.54) is 4.90 Å². The van der Waals surface area contributed by atoms with Gasteiger partial charge in [0, 0.05) is 23.3 Å². The molecule has 2 aromatic rings. The van der Waals surface area contributed by atoms with Crippen molar-refractivity contribution in [3.8, 4) is 17.2 Å². The number of fused-ring (bicyclic) bond motifs is 1. The van der Waals surface area contributed by atoms with E-state index in [4.69, 9.17) is 14.2 Å². The molecule has 1 N–H and O–H groups in total. The van der Waals surface area contributed by atoms with Crippen LogP contribution in [0.15, 0.2) is 53.4 Å². The second kappa shape index (κ2) is 8.49. The van der Waals surface area contributed by atoms with E-state index in [9.17, 15) is 4.79 Å². The molecule has 1 aliphatic heterocycles. The maximum atomic E-state index is 11.8. The summed E-state index contributed by atoms with van der Waals surface area (Å²) in [4.78, 5) is 13.0. The number of nitrogens with one attached hydrogen (secondary N) is 1. The molecule has 126 valence electrons. The number of thioether (sulfide) groups is 1. The molecule has 0 saturated heterocycles. The van der Waals surface area contributed by atoms with Crippen molar-refractivity contribution < 1.29 is 19.0 Å². The van der Waals surface area contributed by atoms with Gasteiger partial charge in [-0.15, -0.1) is 11.8 Å². The Kier molecular flexibility index (Phi) is 5.85. The molecular weight excluding hydrogens is 326 g/mol. The summed E-state index contributed by atoms with van der Waals surface area (Å²) in [5.74, 6) is 2.63. The molecule has 0 radical (unpaired) electrons. The van der Waals surface area contributed by atoms with Gasteiger partial charge in [0.2, 0.25) is 0 Å². The van der Waals surface area contributed by atoms with Gasteiger partial charge in [-0.05, 0) is 24.3 Å². The summed E-state index contributed by atoms with van der Waals surface area (Å²) in [6.45, 7) is 1.66. The highest BCUT2D eigenvalue weighted by Gasteiger charge is 2.12. The quantitative estimate of drug-likeness (QED) is 0.618. The summed E-state index contributed by atoms with van der Waals surface area (Å²) < 4.78 is 16.4. The van der Waals surface area contributed by atoms with Crippen LogP contribution in [0.25, 0.3) is 0 Å². The standard InChI is InChI=1S/C18H19NO4S/c20-18(19-8-11-24-15-4-2-1-3-5-15)13-23-14-6-7-16-17(12-14)22-10-9-21-16/h1-7,12H,8-11,13H2,(H,19,20). The van der Waals surface area contributed by atoms with Crippen molar-refractivity contribution in [2.45, 2.75) is 4.90 Å². The third-order valence-electron chi connectivity index (χ3n) is 3.32. The molecule has 2 aromatic carbocycles. The number of carbonyl (C=O) groups excluding carboxylic acids is 1. The van der Waals surface area contributed by atoms with Gasteiger partial charge in [0.05, 0.1) is 0 Å². The van der Waals surface area contributed by atoms with Crippen LogP contribution in [-0.4, -0.2) is 38.0 Å². The predicted octanol–water partition coefficient (Wildman–Crippen LogP) is 2.75. The molecule has 5 nitrogen and oxygen atoms in total. The van der Waals surface area contributed by atoms with Crippen molar-refractivity contribution in [3.05, 3.63) is 48.5 Å². The summed E-state index contributed by atoms with van der Waals surface area (Å²) in [5, 5.41) is 2.84. The van der Waals surface area contributed by atoms with Crippen molar-refractivity contribution in [1.82, 2.24) is 5.32 Å². The van der Waals surface area contributed by atoms with Crippen LogP contribution < -0.4 is 19.5 Å². The zero-order chi connectivity index (χ0) is 16.6. The molecule has 1 heterocycles. The van der Waals surface area contributed by atoms with Crippen molar-refractivity contribution >= 4 is 17.7 Å². The first-order chi connectivity index (χ1) is 11.8. The lowest BCUT2D eigenvalue weighted by Gasteiger charge is -2.18. The van der Waals surface area contributed by atoms with E-state index >= 15 is 0 Å². The van der Waals surface area contributed by atoms with E-state index in [0.717, 1.165) is 5.75 Å². The fraction of sp³-hybridized carbons (Fsp3) is 0.278. The van der Waals surface area contributed by atoms with Crippen LogP contribution in [0.4, 0.5) is 0 Å². The first-order valence-electron chi connectivity index (χ1n) is 7.78. The molecule has 0 bridgehead atoms. The molecule has 0 fully saturated rings. The Labute approximate surface area is 145 Å². The molecule has 24 heavy (non-hydrogen) atoms. The number of rotatable bonds is 7. The van der Waals surface area contributed by atoms with Gasteiger partial charge in [0.25, 0.3) is 5.91 Å². The Morgan fingerprint density at radius 3 is 2.71 bits per heavy atom. The van der Waals surface area contributed by atoms with Gasteiger partial charge < -0.3 is 19.5 Å². The third kappa shape index (κ3) is 4.83. The molecule has 0 unspecified atom stereocenters. The summed E-state index contributed by atoms with van der Waals surface area (Å²) in [6, 6.07) is 15.4. The molecule has 0 saturated carbocycles. The number of benzene rings is 2. The van der Waals surface area contributed by atoms with E-state index < -0.39 is 0 Å². The molecule has 1 amide bonds. The van der Waals surface area contributed by atoms with Gasteiger partial charge in [0.15, 0.2) is 18.1 Å². The second-order valence-corrected chi connectivity index (χ2v) is 6.27. The number of amides is 1. The first kappa shape index (κ1) is 16.5. The Hall–Kier alpha value is -2.34. The lowest BCUT2D eigenvalue weighted by molar-refractivity contribution is -0.122. The second-order valence-electron chi connectivity index (χ2n) is 5.11. The summed E-state index contributed by atoms with van der Waals surface area (Å²) in [6.07, 6.45) is 0. The molecule has 0 aromatic heterocycles. The molecular formula is C18H19NO4S. The SMILES string of the molecule is O=C(COc1ccc2c(c1)OCCO2)NCCSc1ccccc1. The number of carbonyl (C=O) groups is 1. The van der Waals surface area contributed by atoms with Crippen molar-refractivity contribution in [2.24, 2.45) is 0 Å². The average molecular weight is 345 g/mol. The van der Waals surface area contributed by atoms with E-state index in [-0.39, 0.29) is 12.5 Å². The van der Waals surface area contributed by atoms with E-state index in [1.54, 1.807) is 30.0 Å². The van der Waals surface area contributed by atoms with Gasteiger partial charge in [-0.1, -0.05) is 18.2 Å². The van der Waals surface area contributed by atoms with Crippen LogP contribution in [0.1, 0.15) is 0 Å². The molecule has 6 heteroatoms. The van der Waals surface area contributed by atoms with Gasteiger partial charge in [0.1, 0.15) is 19.0 Å². The third-order valence-corrected chi connectivity index (χ3v) is 4.33. The molecule has 0 aliphatic carbocycles. The van der Waals surface area contributed by atoms with Gasteiger partial charge in [-0.2, -0.15) is 0 Å². The van der Waals surface area contributed by atoms with Crippen LogP contribution in [0.5, 0.6) is 17.2 Å². The maximum absolute atomic E-state index is 11.8. The Morgan fingerprint density at radius 2 is 1.88 bits per heavy atom. The monoisotopic (exact) mass is 345 g/mol. The molecule has 0 atom stereocenters. The minimum atomic E-state index is -0.140. The highest BCUT2D eigenvalue weighted by molar-refractivity contribution is 7.99.